The van der Waals surface area contributed by atoms with E-state index in [-0.39, 0.29) is 24.5 Å². The molecule has 0 aliphatic carbocycles. The number of imide groups is 1. The van der Waals surface area contributed by atoms with Crippen molar-refractivity contribution in [2.24, 2.45) is 0 Å². The van der Waals surface area contributed by atoms with Crippen LogP contribution in [0.3, 0.4) is 0 Å². The molecule has 6 nitrogen and oxygen atoms in total. The second-order valence-corrected chi connectivity index (χ2v) is 6.56. The summed E-state index contributed by atoms with van der Waals surface area (Å²) in [4.78, 5) is 38.3. The third kappa shape index (κ3) is 3.67. The first-order chi connectivity index (χ1) is 11.1. The van der Waals surface area contributed by atoms with E-state index in [2.05, 4.69) is 0 Å². The quantitative estimate of drug-likeness (QED) is 0.816. The van der Waals surface area contributed by atoms with Crippen LogP contribution in [0, 0.1) is 0 Å². The number of carbonyl (C=O) groups is 3. The summed E-state index contributed by atoms with van der Waals surface area (Å²) in [6.45, 7) is 0.800. The number of nitrogens with zero attached hydrogens (tertiary/aromatic N) is 2. The maximum atomic E-state index is 12.2. The van der Waals surface area contributed by atoms with Crippen molar-refractivity contribution in [3.8, 4) is 0 Å². The lowest BCUT2D eigenvalue weighted by atomic mass is 10.2. The van der Waals surface area contributed by atoms with E-state index in [4.69, 9.17) is 4.74 Å². The van der Waals surface area contributed by atoms with Gasteiger partial charge in [-0.15, -0.1) is 11.8 Å². The molecule has 2 aliphatic heterocycles. The lowest BCUT2D eigenvalue weighted by Gasteiger charge is -2.20. The van der Waals surface area contributed by atoms with E-state index in [0.29, 0.717) is 25.3 Å². The molecule has 122 valence electrons. The Balaban J connectivity index is 1.46. The molecule has 1 atom stereocenters. The van der Waals surface area contributed by atoms with Crippen LogP contribution in [0.2, 0.25) is 0 Å². The van der Waals surface area contributed by atoms with Crippen LogP contribution in [0.25, 0.3) is 0 Å². The molecular weight excluding hydrogens is 316 g/mol. The molecule has 0 spiro atoms. The Bertz CT molecular complexity index is 591. The third-order valence-corrected chi connectivity index (χ3v) is 4.99. The molecule has 7 heteroatoms. The smallest absolute Gasteiger partial charge is 0.417 e. The number of rotatable bonds is 5. The molecule has 23 heavy (non-hydrogen) atoms. The summed E-state index contributed by atoms with van der Waals surface area (Å²) < 4.78 is 4.73. The number of hydrogen-bond donors (Lipinski definition) is 0. The minimum absolute atomic E-state index is 0.0495. The Kier molecular flexibility index (Phi) is 4.85. The van der Waals surface area contributed by atoms with Gasteiger partial charge < -0.3 is 9.64 Å². The van der Waals surface area contributed by atoms with Gasteiger partial charge in [-0.3, -0.25) is 9.59 Å². The maximum Gasteiger partial charge on any atom is 0.417 e. The van der Waals surface area contributed by atoms with Crippen LogP contribution in [0.5, 0.6) is 0 Å². The van der Waals surface area contributed by atoms with Crippen molar-refractivity contribution in [2.75, 3.05) is 25.4 Å². The second-order valence-electron chi connectivity index (χ2n) is 5.58. The summed E-state index contributed by atoms with van der Waals surface area (Å²) >= 11 is 1.57. The van der Waals surface area contributed by atoms with Crippen molar-refractivity contribution in [2.45, 2.75) is 18.2 Å². The van der Waals surface area contributed by atoms with Gasteiger partial charge in [0.15, 0.2) is 6.61 Å². The molecule has 0 N–H and O–H groups in total. The van der Waals surface area contributed by atoms with Crippen LogP contribution < -0.4 is 0 Å². The van der Waals surface area contributed by atoms with Gasteiger partial charge in [0.2, 0.25) is 5.91 Å². The number of benzene rings is 1. The minimum Gasteiger partial charge on any atom is -0.439 e. The molecular formula is C16H18N2O4S. The molecule has 2 heterocycles. The average Bonchev–Trinajstić information content (AvgIpc) is 3.15. The van der Waals surface area contributed by atoms with Crippen molar-refractivity contribution in [3.05, 3.63) is 35.9 Å². The Morgan fingerprint density at radius 1 is 1.26 bits per heavy atom. The summed E-state index contributed by atoms with van der Waals surface area (Å²) in [5.74, 6) is 0.932. The SMILES string of the molecule is O=C(CSCc1ccccc1)N1CCC(N2C(=O)COC2=O)C1. The zero-order chi connectivity index (χ0) is 16.2. The number of hydrogen-bond acceptors (Lipinski definition) is 5. The lowest BCUT2D eigenvalue weighted by molar-refractivity contribution is -0.129. The zero-order valence-corrected chi connectivity index (χ0v) is 13.5. The summed E-state index contributed by atoms with van der Waals surface area (Å²) in [7, 11) is 0. The van der Waals surface area contributed by atoms with Crippen molar-refractivity contribution < 1.29 is 19.1 Å². The molecule has 3 rings (SSSR count). The maximum absolute atomic E-state index is 12.2. The first kappa shape index (κ1) is 15.9. The van der Waals surface area contributed by atoms with E-state index in [1.54, 1.807) is 16.7 Å². The van der Waals surface area contributed by atoms with Gasteiger partial charge in [-0.05, 0) is 12.0 Å². The van der Waals surface area contributed by atoms with Crippen molar-refractivity contribution in [3.63, 3.8) is 0 Å². The predicted molar refractivity (Wildman–Crippen MR) is 85.8 cm³/mol. The fourth-order valence-corrected chi connectivity index (χ4v) is 3.71. The topological polar surface area (TPSA) is 66.9 Å². The van der Waals surface area contributed by atoms with Crippen LogP contribution in [0.1, 0.15) is 12.0 Å². The van der Waals surface area contributed by atoms with Crippen LogP contribution in [-0.2, 0) is 20.1 Å². The summed E-state index contributed by atoms with van der Waals surface area (Å²) in [6, 6.07) is 9.75. The van der Waals surface area contributed by atoms with E-state index < -0.39 is 6.09 Å². The average molecular weight is 334 g/mol. The minimum atomic E-state index is -0.590. The van der Waals surface area contributed by atoms with Gasteiger partial charge in [-0.1, -0.05) is 30.3 Å². The number of cyclic esters (lactones) is 1. The number of carbonyl (C=O) groups excluding carboxylic acids is 3. The highest BCUT2D eigenvalue weighted by Crippen LogP contribution is 2.21. The Morgan fingerprint density at radius 3 is 2.74 bits per heavy atom. The fourth-order valence-electron chi connectivity index (χ4n) is 2.82. The lowest BCUT2D eigenvalue weighted by Crippen LogP contribution is -2.42. The standard InChI is InChI=1S/C16H18N2O4S/c19-14-9-22-16(21)18(14)13-6-7-17(8-13)15(20)11-23-10-12-4-2-1-3-5-12/h1-5,13H,6-11H2. The molecule has 0 saturated carbocycles. The first-order valence-electron chi connectivity index (χ1n) is 7.53. The Morgan fingerprint density at radius 2 is 2.04 bits per heavy atom. The van der Waals surface area contributed by atoms with E-state index in [1.807, 2.05) is 30.3 Å². The van der Waals surface area contributed by atoms with E-state index >= 15 is 0 Å². The molecule has 2 saturated heterocycles. The van der Waals surface area contributed by atoms with Gasteiger partial charge in [0.1, 0.15) is 0 Å². The molecule has 0 aromatic heterocycles. The van der Waals surface area contributed by atoms with E-state index in [9.17, 15) is 14.4 Å². The van der Waals surface area contributed by atoms with Gasteiger partial charge in [0.05, 0.1) is 11.8 Å². The van der Waals surface area contributed by atoms with Gasteiger partial charge in [-0.2, -0.15) is 0 Å². The van der Waals surface area contributed by atoms with Crippen LogP contribution in [0.15, 0.2) is 30.3 Å². The largest absolute Gasteiger partial charge is 0.439 e. The summed E-state index contributed by atoms with van der Waals surface area (Å²) in [5.41, 5.74) is 1.19. The molecule has 2 aliphatic rings. The second kappa shape index (κ2) is 7.04. The van der Waals surface area contributed by atoms with Crippen LogP contribution >= 0.6 is 11.8 Å². The Hall–Kier alpha value is -2.02. The Labute approximate surface area is 138 Å². The van der Waals surface area contributed by atoms with Crippen molar-refractivity contribution >= 4 is 29.7 Å². The van der Waals surface area contributed by atoms with Gasteiger partial charge >= 0.3 is 6.09 Å². The third-order valence-electron chi connectivity index (χ3n) is 4.00. The van der Waals surface area contributed by atoms with E-state index in [0.717, 1.165) is 10.7 Å². The molecule has 1 aromatic rings. The zero-order valence-electron chi connectivity index (χ0n) is 12.6. The number of likely N-dealkylation sites (tertiary alicyclic amines) is 1. The molecule has 1 aromatic carbocycles. The highest BCUT2D eigenvalue weighted by Gasteiger charge is 2.41. The van der Waals surface area contributed by atoms with Crippen molar-refractivity contribution in [1.82, 2.24) is 9.80 Å². The molecule has 0 radical (unpaired) electrons. The normalized spacial score (nSPS) is 21.0. The number of ether oxygens (including phenoxy) is 1. The molecule has 1 unspecified atom stereocenters. The summed E-state index contributed by atoms with van der Waals surface area (Å²) in [5, 5.41) is 0. The predicted octanol–water partition coefficient (Wildman–Crippen LogP) is 1.50. The van der Waals surface area contributed by atoms with Crippen LogP contribution in [0.4, 0.5) is 4.79 Å². The van der Waals surface area contributed by atoms with E-state index in [1.165, 1.54) is 5.56 Å². The van der Waals surface area contributed by atoms with Gasteiger partial charge in [0, 0.05) is 18.8 Å². The van der Waals surface area contributed by atoms with Crippen LogP contribution in [-0.4, -0.2) is 59.2 Å². The monoisotopic (exact) mass is 334 g/mol. The molecule has 3 amide bonds. The molecule has 0 bridgehead atoms. The van der Waals surface area contributed by atoms with Gasteiger partial charge in [0.25, 0.3) is 5.91 Å². The first-order valence-corrected chi connectivity index (χ1v) is 8.69. The fraction of sp³-hybridized carbons (Fsp3) is 0.438. The van der Waals surface area contributed by atoms with Gasteiger partial charge in [-0.25, -0.2) is 9.69 Å². The summed E-state index contributed by atoms with van der Waals surface area (Å²) in [6.07, 6.45) is 0.0309. The highest BCUT2D eigenvalue weighted by atomic mass is 32.2. The number of thioether (sulfide) groups is 1. The number of amides is 3. The van der Waals surface area contributed by atoms with Crippen molar-refractivity contribution in [1.29, 1.82) is 0 Å². The molecule has 2 fully saturated rings. The highest BCUT2D eigenvalue weighted by molar-refractivity contribution is 7.99.